The lowest BCUT2D eigenvalue weighted by atomic mass is 9.60. The van der Waals surface area contributed by atoms with E-state index < -0.39 is 0 Å². The molecule has 208 valence electrons. The maximum absolute atomic E-state index is 12.2. The summed E-state index contributed by atoms with van der Waals surface area (Å²) in [5.74, 6) is 0.852. The number of anilines is 2. The summed E-state index contributed by atoms with van der Waals surface area (Å²) in [6.07, 6.45) is 4.54. The Bertz CT molecular complexity index is 1380. The number of rotatable bonds is 5. The third-order valence-corrected chi connectivity index (χ3v) is 9.36. The molecule has 1 aliphatic carbocycles. The van der Waals surface area contributed by atoms with Crippen LogP contribution >= 0.6 is 11.6 Å². The van der Waals surface area contributed by atoms with Crippen molar-refractivity contribution < 1.29 is 9.59 Å². The number of nitrogens with two attached hydrogens (primary N) is 1. The Hall–Kier alpha value is -3.33. The van der Waals surface area contributed by atoms with E-state index in [4.69, 9.17) is 27.8 Å². The highest BCUT2D eigenvalue weighted by atomic mass is 35.5. The van der Waals surface area contributed by atoms with Crippen LogP contribution in [-0.4, -0.2) is 75.9 Å². The van der Waals surface area contributed by atoms with Crippen molar-refractivity contribution in [3.05, 3.63) is 40.6 Å². The first kappa shape index (κ1) is 27.2. The van der Waals surface area contributed by atoms with Gasteiger partial charge in [-0.05, 0) is 58.2 Å². The summed E-state index contributed by atoms with van der Waals surface area (Å²) in [7, 11) is 0. The number of nitrogen functional groups attached to an aromatic ring is 1. The Morgan fingerprint density at radius 2 is 1.82 bits per heavy atom. The molecule has 3 fully saturated rings. The lowest BCUT2D eigenvalue weighted by molar-refractivity contribution is -0.149. The molecular formula is C29H38ClN7O2. The van der Waals surface area contributed by atoms with Crippen molar-refractivity contribution in [2.75, 3.05) is 43.4 Å². The first-order valence-corrected chi connectivity index (χ1v) is 13.8. The van der Waals surface area contributed by atoms with Gasteiger partial charge in [-0.25, -0.2) is 0 Å². The van der Waals surface area contributed by atoms with Crippen molar-refractivity contribution in [2.24, 2.45) is 5.41 Å². The molecular weight excluding hydrogens is 514 g/mol. The average molecular weight is 552 g/mol. The zero-order valence-corrected chi connectivity index (χ0v) is 24.2. The number of aromatic nitrogens is 2. The second kappa shape index (κ2) is 9.40. The van der Waals surface area contributed by atoms with Crippen LogP contribution in [-0.2, 0) is 9.59 Å². The van der Waals surface area contributed by atoms with Crippen LogP contribution in [0.25, 0.3) is 11.1 Å². The number of benzene rings is 1. The van der Waals surface area contributed by atoms with Gasteiger partial charge in [-0.15, -0.1) is 0 Å². The van der Waals surface area contributed by atoms with E-state index >= 15 is 0 Å². The fraction of sp³-hybridized carbons (Fsp3) is 0.517. The number of aryl methyl sites for hydroxylation is 1. The minimum atomic E-state index is -0.378. The van der Waals surface area contributed by atoms with Crippen LogP contribution < -0.4 is 10.6 Å². The Labute approximate surface area is 235 Å². The molecule has 2 saturated heterocycles. The molecule has 1 saturated carbocycles. The van der Waals surface area contributed by atoms with Crippen molar-refractivity contribution in [1.29, 1.82) is 5.41 Å². The zero-order chi connectivity index (χ0) is 28.4. The molecule has 1 spiro atoms. The summed E-state index contributed by atoms with van der Waals surface area (Å²) in [4.78, 5) is 30.2. The smallest absolute Gasteiger partial charge is 0.245 e. The molecule has 2 amide bonds. The van der Waals surface area contributed by atoms with Gasteiger partial charge in [-0.1, -0.05) is 18.2 Å². The predicted molar refractivity (Wildman–Crippen MR) is 156 cm³/mol. The van der Waals surface area contributed by atoms with Crippen LogP contribution in [0, 0.1) is 24.7 Å². The number of nitrogens with one attached hydrogen (secondary N) is 1. The third kappa shape index (κ3) is 4.31. The number of carbonyl (C=O) groups excluding carboxylic acids is 2. The fourth-order valence-corrected chi connectivity index (χ4v) is 7.06. The average Bonchev–Trinajstić information content (AvgIpc) is 3.14. The number of hydrogen-bond donors (Lipinski definition) is 2. The number of halogens is 1. The third-order valence-electron chi connectivity index (χ3n) is 8.87. The van der Waals surface area contributed by atoms with Crippen LogP contribution in [0.1, 0.15) is 56.5 Å². The highest BCUT2D eigenvalue weighted by Gasteiger charge is 2.54. The normalized spacial score (nSPS) is 20.0. The lowest BCUT2D eigenvalue weighted by Gasteiger charge is -2.58. The Balaban J connectivity index is 1.59. The Morgan fingerprint density at radius 1 is 1.15 bits per heavy atom. The first-order chi connectivity index (χ1) is 18.3. The molecule has 0 bridgehead atoms. The molecule has 1 aromatic heterocycles. The summed E-state index contributed by atoms with van der Waals surface area (Å²) in [6, 6.07) is 2.01. The first-order valence-electron chi connectivity index (χ1n) is 13.5. The van der Waals surface area contributed by atoms with Gasteiger partial charge in [0.2, 0.25) is 11.8 Å². The van der Waals surface area contributed by atoms with Gasteiger partial charge in [0, 0.05) is 79.3 Å². The number of amides is 2. The summed E-state index contributed by atoms with van der Waals surface area (Å²) >= 11 is 6.96. The van der Waals surface area contributed by atoms with E-state index in [0.717, 1.165) is 54.1 Å². The number of likely N-dealkylation sites (tertiary alicyclic amines) is 1. The zero-order valence-electron chi connectivity index (χ0n) is 23.5. The molecule has 3 aliphatic rings. The minimum Gasteiger partial charge on any atom is -0.398 e. The molecule has 3 heterocycles. The molecule has 9 nitrogen and oxygen atoms in total. The summed E-state index contributed by atoms with van der Waals surface area (Å²) in [5.41, 5.74) is 10.7. The number of piperazine rings is 1. The van der Waals surface area contributed by atoms with Crippen LogP contribution in [0.5, 0.6) is 0 Å². The molecule has 3 N–H and O–H groups in total. The SMILES string of the molecule is C=CC(=O)N1CC2(CC(n3nc(N4CCN(C(C)=O)CC4(C)C)c(-c4c(Cl)c(C)cc(N)c4C=N)c3C)C2)C1. The van der Waals surface area contributed by atoms with E-state index in [2.05, 4.69) is 36.9 Å². The molecule has 2 aromatic rings. The molecule has 0 radical (unpaired) electrons. The molecule has 0 atom stereocenters. The molecule has 10 heteroatoms. The van der Waals surface area contributed by atoms with E-state index in [9.17, 15) is 9.59 Å². The highest BCUT2D eigenvalue weighted by molar-refractivity contribution is 6.35. The fourth-order valence-electron chi connectivity index (χ4n) is 6.81. The van der Waals surface area contributed by atoms with Crippen molar-refractivity contribution in [2.45, 2.75) is 59.0 Å². The van der Waals surface area contributed by atoms with Gasteiger partial charge < -0.3 is 25.8 Å². The molecule has 0 unspecified atom stereocenters. The second-order valence-electron chi connectivity index (χ2n) is 12.1. The maximum atomic E-state index is 12.2. The topological polar surface area (TPSA) is 112 Å². The number of hydrogen-bond acceptors (Lipinski definition) is 6. The van der Waals surface area contributed by atoms with Crippen LogP contribution in [0.3, 0.4) is 0 Å². The molecule has 1 aromatic carbocycles. The summed E-state index contributed by atoms with van der Waals surface area (Å²) in [6.45, 7) is 16.8. The van der Waals surface area contributed by atoms with Crippen LogP contribution in [0.2, 0.25) is 5.02 Å². The van der Waals surface area contributed by atoms with Crippen LogP contribution in [0.4, 0.5) is 11.5 Å². The highest BCUT2D eigenvalue weighted by Crippen LogP contribution is 2.55. The maximum Gasteiger partial charge on any atom is 0.245 e. The van der Waals surface area contributed by atoms with Crippen molar-refractivity contribution in [1.82, 2.24) is 19.6 Å². The van der Waals surface area contributed by atoms with E-state index in [-0.39, 0.29) is 28.8 Å². The van der Waals surface area contributed by atoms with E-state index in [1.165, 1.54) is 12.3 Å². The van der Waals surface area contributed by atoms with Gasteiger partial charge in [0.25, 0.3) is 0 Å². The van der Waals surface area contributed by atoms with Crippen molar-refractivity contribution in [3.8, 4) is 11.1 Å². The van der Waals surface area contributed by atoms with Crippen molar-refractivity contribution in [3.63, 3.8) is 0 Å². The minimum absolute atomic E-state index is 0.0123. The van der Waals surface area contributed by atoms with E-state index in [1.54, 1.807) is 6.92 Å². The summed E-state index contributed by atoms with van der Waals surface area (Å²) < 4.78 is 2.11. The van der Waals surface area contributed by atoms with Crippen molar-refractivity contribution >= 4 is 41.1 Å². The standard InChI is InChI=1S/C29H38ClN7O2/c1-7-23(39)35-15-29(16-35)11-20(12-29)37-18(3)24(25-21(13-31)22(32)10-17(2)26(25)30)27(33-37)36-9-8-34(19(4)38)14-28(36,5)6/h7,10,13,20,31H,1,8-9,11-12,14-16,32H2,2-6H3. The lowest BCUT2D eigenvalue weighted by Crippen LogP contribution is -2.63. The molecule has 2 aliphatic heterocycles. The Kier molecular flexibility index (Phi) is 6.57. The van der Waals surface area contributed by atoms with Gasteiger partial charge in [0.05, 0.1) is 16.6 Å². The molecule has 39 heavy (non-hydrogen) atoms. The Morgan fingerprint density at radius 3 is 2.38 bits per heavy atom. The number of nitrogens with zero attached hydrogens (tertiary/aromatic N) is 5. The number of carbonyl (C=O) groups is 2. The van der Waals surface area contributed by atoms with Gasteiger partial charge in [-0.3, -0.25) is 14.3 Å². The van der Waals surface area contributed by atoms with Crippen LogP contribution in [0.15, 0.2) is 18.7 Å². The van der Waals surface area contributed by atoms with Gasteiger partial charge in [0.1, 0.15) is 0 Å². The van der Waals surface area contributed by atoms with E-state index in [0.29, 0.717) is 35.9 Å². The monoisotopic (exact) mass is 551 g/mol. The quantitative estimate of drug-likeness (QED) is 0.329. The van der Waals surface area contributed by atoms with Gasteiger partial charge in [0.15, 0.2) is 5.82 Å². The van der Waals surface area contributed by atoms with Gasteiger partial charge in [-0.2, -0.15) is 5.10 Å². The molecule has 5 rings (SSSR count). The van der Waals surface area contributed by atoms with Gasteiger partial charge >= 0.3 is 0 Å². The predicted octanol–water partition coefficient (Wildman–Crippen LogP) is 4.20. The second-order valence-corrected chi connectivity index (χ2v) is 12.5. The van der Waals surface area contributed by atoms with E-state index in [1.807, 2.05) is 22.8 Å². The summed E-state index contributed by atoms with van der Waals surface area (Å²) in [5, 5.41) is 14.0. The largest absolute Gasteiger partial charge is 0.398 e.